The highest BCUT2D eigenvalue weighted by atomic mass is 32.2. The Morgan fingerprint density at radius 3 is 1.89 bits per heavy atom. The average molecular weight is 558 g/mol. The van der Waals surface area contributed by atoms with Gasteiger partial charge >= 0.3 is 5.97 Å². The minimum atomic E-state index is -1.47. The van der Waals surface area contributed by atoms with Gasteiger partial charge in [-0.3, -0.25) is 19.2 Å². The van der Waals surface area contributed by atoms with Gasteiger partial charge in [0.2, 0.25) is 23.6 Å². The van der Waals surface area contributed by atoms with E-state index < -0.39 is 60.2 Å². The summed E-state index contributed by atoms with van der Waals surface area (Å²) in [6, 6.07) is 1.06. The Hall–Kier alpha value is -2.97. The van der Waals surface area contributed by atoms with Gasteiger partial charge in [-0.05, 0) is 54.6 Å². The van der Waals surface area contributed by atoms with Crippen LogP contribution < -0.4 is 27.4 Å². The topological polar surface area (TPSA) is 214 Å². The molecule has 0 aliphatic heterocycles. The quantitative estimate of drug-likeness (QED) is 0.126. The van der Waals surface area contributed by atoms with E-state index in [9.17, 15) is 34.2 Å². The maximum absolute atomic E-state index is 13.0. The molecule has 4 amide bonds. The number of primary amides is 1. The number of nitrogens with two attached hydrogens (primary N) is 2. The van der Waals surface area contributed by atoms with E-state index in [1.165, 1.54) is 47.8 Å². The average Bonchev–Trinajstić information content (AvgIpc) is 2.84. The zero-order valence-electron chi connectivity index (χ0n) is 20.8. The van der Waals surface area contributed by atoms with Crippen molar-refractivity contribution in [2.75, 3.05) is 24.0 Å². The van der Waals surface area contributed by atoms with Gasteiger partial charge in [-0.2, -0.15) is 23.5 Å². The minimum absolute atomic E-state index is 0.00257. The van der Waals surface area contributed by atoms with Crippen molar-refractivity contribution in [3.63, 3.8) is 0 Å². The minimum Gasteiger partial charge on any atom is -0.508 e. The van der Waals surface area contributed by atoms with Gasteiger partial charge in [0.1, 0.15) is 23.9 Å². The third kappa shape index (κ3) is 12.2. The molecule has 4 unspecified atom stereocenters. The van der Waals surface area contributed by atoms with Crippen LogP contribution in [0.1, 0.15) is 24.8 Å². The van der Waals surface area contributed by atoms with E-state index in [1.54, 1.807) is 0 Å². The van der Waals surface area contributed by atoms with Crippen LogP contribution in [0.5, 0.6) is 5.75 Å². The number of aliphatic carboxylic acids is 1. The Morgan fingerprint density at radius 2 is 1.35 bits per heavy atom. The third-order valence-electron chi connectivity index (χ3n) is 5.24. The number of aromatic hydroxyl groups is 1. The van der Waals surface area contributed by atoms with Crippen molar-refractivity contribution >= 4 is 53.1 Å². The molecule has 206 valence electrons. The second-order valence-electron chi connectivity index (χ2n) is 8.23. The lowest BCUT2D eigenvalue weighted by atomic mass is 10.0. The monoisotopic (exact) mass is 557 g/mol. The number of nitrogens with one attached hydrogen (secondary N) is 3. The Morgan fingerprint density at radius 1 is 0.838 bits per heavy atom. The number of hydrogen-bond donors (Lipinski definition) is 7. The van der Waals surface area contributed by atoms with Crippen molar-refractivity contribution in [2.45, 2.75) is 49.9 Å². The summed E-state index contributed by atoms with van der Waals surface area (Å²) in [5.41, 5.74) is 11.7. The molecular formula is C23H35N5O7S2. The van der Waals surface area contributed by atoms with Gasteiger partial charge < -0.3 is 37.6 Å². The van der Waals surface area contributed by atoms with E-state index in [2.05, 4.69) is 16.0 Å². The second kappa shape index (κ2) is 16.7. The number of carbonyl (C=O) groups is 5. The first-order valence-corrected chi connectivity index (χ1v) is 14.2. The maximum atomic E-state index is 13.0. The normalized spacial score (nSPS) is 14.0. The van der Waals surface area contributed by atoms with Crippen LogP contribution in [-0.2, 0) is 30.4 Å². The summed E-state index contributed by atoms with van der Waals surface area (Å²) in [5.74, 6) is -3.24. The van der Waals surface area contributed by atoms with Gasteiger partial charge in [-0.1, -0.05) is 12.1 Å². The summed E-state index contributed by atoms with van der Waals surface area (Å²) in [4.78, 5) is 61.7. The van der Waals surface area contributed by atoms with E-state index in [4.69, 9.17) is 11.5 Å². The van der Waals surface area contributed by atoms with Crippen LogP contribution in [0, 0.1) is 0 Å². The summed E-state index contributed by atoms with van der Waals surface area (Å²) >= 11 is 2.97. The number of carboxylic acid groups (broad SMARTS) is 1. The number of carbonyl (C=O) groups excluding carboxylic acids is 4. The number of rotatable bonds is 17. The summed E-state index contributed by atoms with van der Waals surface area (Å²) < 4.78 is 0. The number of benzene rings is 1. The summed E-state index contributed by atoms with van der Waals surface area (Å²) in [5, 5.41) is 26.3. The van der Waals surface area contributed by atoms with Gasteiger partial charge in [-0.25, -0.2) is 4.79 Å². The van der Waals surface area contributed by atoms with E-state index in [0.29, 0.717) is 23.5 Å². The molecule has 0 heterocycles. The number of carboxylic acids is 1. The van der Waals surface area contributed by atoms with E-state index in [0.717, 1.165) is 0 Å². The molecule has 0 saturated carbocycles. The van der Waals surface area contributed by atoms with Crippen molar-refractivity contribution in [3.05, 3.63) is 29.8 Å². The van der Waals surface area contributed by atoms with E-state index in [-0.39, 0.29) is 18.6 Å². The molecule has 4 atom stereocenters. The molecule has 0 saturated heterocycles. The first-order chi connectivity index (χ1) is 17.5. The lowest BCUT2D eigenvalue weighted by Crippen LogP contribution is -2.58. The maximum Gasteiger partial charge on any atom is 0.326 e. The van der Waals surface area contributed by atoms with Crippen LogP contribution in [0.3, 0.4) is 0 Å². The van der Waals surface area contributed by atoms with Crippen molar-refractivity contribution in [1.82, 2.24) is 16.0 Å². The molecule has 9 N–H and O–H groups in total. The van der Waals surface area contributed by atoms with Crippen LogP contribution >= 0.6 is 23.5 Å². The number of hydrogen-bond acceptors (Lipinski definition) is 9. The van der Waals surface area contributed by atoms with Crippen molar-refractivity contribution in [3.8, 4) is 5.75 Å². The molecule has 0 bridgehead atoms. The Bertz CT molecular complexity index is 933. The largest absolute Gasteiger partial charge is 0.508 e. The summed E-state index contributed by atoms with van der Waals surface area (Å²) in [6.07, 6.45) is 3.65. The van der Waals surface area contributed by atoms with Gasteiger partial charge in [0.05, 0.1) is 12.5 Å². The van der Waals surface area contributed by atoms with Gasteiger partial charge in [0, 0.05) is 6.42 Å². The highest BCUT2D eigenvalue weighted by Gasteiger charge is 2.31. The van der Waals surface area contributed by atoms with Crippen molar-refractivity contribution in [2.24, 2.45) is 11.5 Å². The SMILES string of the molecule is CSCCC(N)C(=O)NC(CCSC)C(=O)NC(CC(N)=O)C(=O)NC(Cc1ccc(O)cc1)C(=O)O. The number of phenols is 1. The Labute approximate surface area is 224 Å². The smallest absolute Gasteiger partial charge is 0.326 e. The Balaban J connectivity index is 2.98. The zero-order valence-corrected chi connectivity index (χ0v) is 22.4. The molecule has 37 heavy (non-hydrogen) atoms. The lowest BCUT2D eigenvalue weighted by molar-refractivity contribution is -0.142. The van der Waals surface area contributed by atoms with Crippen LogP contribution in [0.25, 0.3) is 0 Å². The lowest BCUT2D eigenvalue weighted by Gasteiger charge is -2.24. The first-order valence-electron chi connectivity index (χ1n) is 11.4. The summed E-state index contributed by atoms with van der Waals surface area (Å²) in [7, 11) is 0. The molecule has 0 spiro atoms. The highest BCUT2D eigenvalue weighted by molar-refractivity contribution is 7.98. The fraction of sp³-hybridized carbons (Fsp3) is 0.522. The van der Waals surface area contributed by atoms with Gasteiger partial charge in [0.15, 0.2) is 0 Å². The van der Waals surface area contributed by atoms with E-state index >= 15 is 0 Å². The van der Waals surface area contributed by atoms with Crippen LogP contribution in [0.2, 0.25) is 0 Å². The molecule has 1 aromatic rings. The standard InChI is InChI=1S/C23H35N5O7S2/c1-36-9-7-15(24)20(31)26-16(8-10-37-2)21(32)27-17(12-19(25)30)22(33)28-18(23(34)35)11-13-3-5-14(29)6-4-13/h3-6,15-18,29H,7-12,24H2,1-2H3,(H2,25,30)(H,26,31)(H,27,32)(H,28,33)(H,34,35). The summed E-state index contributed by atoms with van der Waals surface area (Å²) in [6.45, 7) is 0. The molecule has 1 rings (SSSR count). The molecule has 14 heteroatoms. The highest BCUT2D eigenvalue weighted by Crippen LogP contribution is 2.12. The van der Waals surface area contributed by atoms with E-state index in [1.807, 2.05) is 12.5 Å². The molecule has 0 radical (unpaired) electrons. The molecule has 0 aromatic heterocycles. The molecular weight excluding hydrogens is 522 g/mol. The third-order valence-corrected chi connectivity index (χ3v) is 6.53. The van der Waals surface area contributed by atoms with Crippen LogP contribution in [0.15, 0.2) is 24.3 Å². The fourth-order valence-electron chi connectivity index (χ4n) is 3.18. The fourth-order valence-corrected chi connectivity index (χ4v) is 4.14. The second-order valence-corrected chi connectivity index (χ2v) is 10.2. The molecule has 0 fully saturated rings. The molecule has 0 aliphatic carbocycles. The van der Waals surface area contributed by atoms with Crippen molar-refractivity contribution < 1.29 is 34.2 Å². The van der Waals surface area contributed by atoms with Crippen LogP contribution in [0.4, 0.5) is 0 Å². The van der Waals surface area contributed by atoms with Crippen molar-refractivity contribution in [1.29, 1.82) is 0 Å². The number of phenolic OH excluding ortho intramolecular Hbond substituents is 1. The zero-order chi connectivity index (χ0) is 28.0. The molecule has 1 aromatic carbocycles. The Kier molecular flexibility index (Phi) is 14.5. The number of thioether (sulfide) groups is 2. The molecule has 0 aliphatic rings. The van der Waals surface area contributed by atoms with Crippen LogP contribution in [-0.4, -0.2) is 88.0 Å². The first kappa shape index (κ1) is 32.1. The molecule has 12 nitrogen and oxygen atoms in total. The van der Waals surface area contributed by atoms with Gasteiger partial charge in [0.25, 0.3) is 0 Å². The predicted octanol–water partition coefficient (Wildman–Crippen LogP) is -0.817. The predicted molar refractivity (Wildman–Crippen MR) is 143 cm³/mol. The van der Waals surface area contributed by atoms with Gasteiger partial charge in [-0.15, -0.1) is 0 Å². The number of amides is 4.